The predicted octanol–water partition coefficient (Wildman–Crippen LogP) is 1.93. The van der Waals surface area contributed by atoms with E-state index in [0.29, 0.717) is 6.42 Å². The third-order valence-electron chi connectivity index (χ3n) is 2.80. The highest BCUT2D eigenvalue weighted by molar-refractivity contribution is 5.74. The quantitative estimate of drug-likeness (QED) is 0.798. The average molecular weight is 221 g/mol. The van der Waals surface area contributed by atoms with Crippen LogP contribution in [-0.2, 0) is 24.1 Å². The molecule has 0 saturated heterocycles. The van der Waals surface area contributed by atoms with Crippen LogP contribution in [0.25, 0.3) is 0 Å². The van der Waals surface area contributed by atoms with E-state index in [0.717, 1.165) is 18.4 Å². The first kappa shape index (κ1) is 12.6. The minimum absolute atomic E-state index is 0.273. The van der Waals surface area contributed by atoms with Crippen molar-refractivity contribution in [2.75, 3.05) is 0 Å². The van der Waals surface area contributed by atoms with Gasteiger partial charge in [-0.3, -0.25) is 4.79 Å². The minimum atomic E-state index is -0.336. The Balaban J connectivity index is 2.96. The predicted molar refractivity (Wildman–Crippen MR) is 64.4 cm³/mol. The molecule has 88 valence electrons. The number of carbonyl (C=O) groups is 1. The maximum Gasteiger partial charge on any atom is 0.217 e. The van der Waals surface area contributed by atoms with Gasteiger partial charge in [0.25, 0.3) is 0 Å². The Labute approximate surface area is 96.3 Å². The van der Waals surface area contributed by atoms with Crippen LogP contribution >= 0.6 is 0 Å². The van der Waals surface area contributed by atoms with E-state index < -0.39 is 0 Å². The second-order valence-electron chi connectivity index (χ2n) is 3.92. The minimum Gasteiger partial charge on any atom is -0.508 e. The number of nitrogens with two attached hydrogens (primary N) is 1. The van der Waals surface area contributed by atoms with Gasteiger partial charge in [0.05, 0.1) is 0 Å². The summed E-state index contributed by atoms with van der Waals surface area (Å²) in [6.07, 6.45) is 2.64. The molecule has 0 saturated carbocycles. The average Bonchev–Trinajstić information content (AvgIpc) is 2.26. The fourth-order valence-corrected chi connectivity index (χ4v) is 1.84. The lowest BCUT2D eigenvalue weighted by Crippen LogP contribution is -2.11. The lowest BCUT2D eigenvalue weighted by atomic mass is 9.97. The maximum atomic E-state index is 10.7. The molecule has 0 aliphatic carbocycles. The first-order valence-corrected chi connectivity index (χ1v) is 5.70. The number of rotatable bonds is 5. The normalized spacial score (nSPS) is 10.4. The molecule has 16 heavy (non-hydrogen) atoms. The van der Waals surface area contributed by atoms with Crippen LogP contribution in [0.15, 0.2) is 12.1 Å². The fraction of sp³-hybridized carbons (Fsp3) is 0.462. The SMILES string of the molecule is CCc1cc(O)c(CCC(N)=O)cc1CC. The van der Waals surface area contributed by atoms with Gasteiger partial charge in [0.15, 0.2) is 0 Å². The number of aryl methyl sites for hydroxylation is 3. The van der Waals surface area contributed by atoms with E-state index in [9.17, 15) is 9.90 Å². The van der Waals surface area contributed by atoms with Crippen molar-refractivity contribution in [3.63, 3.8) is 0 Å². The Hall–Kier alpha value is -1.51. The number of phenolic OH excluding ortho intramolecular Hbond substituents is 1. The molecule has 3 nitrogen and oxygen atoms in total. The number of aromatic hydroxyl groups is 1. The van der Waals surface area contributed by atoms with Gasteiger partial charge in [-0.1, -0.05) is 19.9 Å². The lowest BCUT2D eigenvalue weighted by molar-refractivity contribution is -0.117. The largest absolute Gasteiger partial charge is 0.508 e. The Morgan fingerprint density at radius 3 is 2.25 bits per heavy atom. The molecule has 0 fully saturated rings. The molecule has 0 spiro atoms. The zero-order chi connectivity index (χ0) is 12.1. The summed E-state index contributed by atoms with van der Waals surface area (Å²) in [7, 11) is 0. The number of amides is 1. The molecule has 3 heteroatoms. The summed E-state index contributed by atoms with van der Waals surface area (Å²) >= 11 is 0. The molecule has 0 atom stereocenters. The standard InChI is InChI=1S/C13H19NO2/c1-3-9-7-11(5-6-13(14)16)12(15)8-10(9)4-2/h7-8,15H,3-6H2,1-2H3,(H2,14,16). The Bertz CT molecular complexity index is 386. The van der Waals surface area contributed by atoms with Gasteiger partial charge in [-0.25, -0.2) is 0 Å². The summed E-state index contributed by atoms with van der Waals surface area (Å²) < 4.78 is 0. The van der Waals surface area contributed by atoms with E-state index in [1.807, 2.05) is 6.07 Å². The van der Waals surface area contributed by atoms with Crippen molar-refractivity contribution in [1.29, 1.82) is 0 Å². The van der Waals surface area contributed by atoms with Crippen LogP contribution in [0.2, 0.25) is 0 Å². The molecule has 0 aromatic heterocycles. The van der Waals surface area contributed by atoms with Crippen molar-refractivity contribution in [1.82, 2.24) is 0 Å². The van der Waals surface area contributed by atoms with Crippen LogP contribution in [0.3, 0.4) is 0 Å². The Morgan fingerprint density at radius 1 is 1.19 bits per heavy atom. The van der Waals surface area contributed by atoms with Crippen LogP contribution in [0, 0.1) is 0 Å². The van der Waals surface area contributed by atoms with Crippen LogP contribution in [0.1, 0.15) is 37.0 Å². The summed E-state index contributed by atoms with van der Waals surface area (Å²) in [6, 6.07) is 3.78. The van der Waals surface area contributed by atoms with E-state index in [1.54, 1.807) is 6.07 Å². The van der Waals surface area contributed by atoms with E-state index in [4.69, 9.17) is 5.73 Å². The second-order valence-corrected chi connectivity index (χ2v) is 3.92. The van der Waals surface area contributed by atoms with Gasteiger partial charge in [0.2, 0.25) is 5.91 Å². The molecule has 0 heterocycles. The molecule has 3 N–H and O–H groups in total. The molecule has 0 radical (unpaired) electrons. The van der Waals surface area contributed by atoms with Gasteiger partial charge in [0, 0.05) is 6.42 Å². The van der Waals surface area contributed by atoms with Crippen molar-refractivity contribution in [2.45, 2.75) is 39.5 Å². The highest BCUT2D eigenvalue weighted by Crippen LogP contribution is 2.24. The number of hydrogen-bond acceptors (Lipinski definition) is 2. The highest BCUT2D eigenvalue weighted by atomic mass is 16.3. The molecule has 1 rings (SSSR count). The molecule has 0 aliphatic heterocycles. The van der Waals surface area contributed by atoms with Crippen LogP contribution in [0.4, 0.5) is 0 Å². The van der Waals surface area contributed by atoms with Crippen molar-refractivity contribution < 1.29 is 9.90 Å². The topological polar surface area (TPSA) is 63.3 Å². The van der Waals surface area contributed by atoms with Crippen LogP contribution in [-0.4, -0.2) is 11.0 Å². The third kappa shape index (κ3) is 2.99. The third-order valence-corrected chi connectivity index (χ3v) is 2.80. The first-order chi connectivity index (χ1) is 7.58. The van der Waals surface area contributed by atoms with Crippen LogP contribution in [0.5, 0.6) is 5.75 Å². The molecule has 1 aromatic carbocycles. The van der Waals surface area contributed by atoms with Gasteiger partial charge in [-0.05, 0) is 42.0 Å². The molecule has 1 amide bonds. The number of phenols is 1. The summed E-state index contributed by atoms with van der Waals surface area (Å²) in [5.74, 6) is -0.0627. The number of hydrogen-bond donors (Lipinski definition) is 2. The van der Waals surface area contributed by atoms with Gasteiger partial charge in [-0.2, -0.15) is 0 Å². The second kappa shape index (κ2) is 5.54. The number of primary amides is 1. The molecule has 0 unspecified atom stereocenters. The van der Waals surface area contributed by atoms with Gasteiger partial charge in [0.1, 0.15) is 5.75 Å². The maximum absolute atomic E-state index is 10.7. The summed E-state index contributed by atoms with van der Waals surface area (Å²) in [4.78, 5) is 10.7. The Kier molecular flexibility index (Phi) is 4.35. The number of carbonyl (C=O) groups excluding carboxylic acids is 1. The summed E-state index contributed by atoms with van der Waals surface area (Å²) in [5.41, 5.74) is 8.31. The van der Waals surface area contributed by atoms with E-state index in [1.165, 1.54) is 11.1 Å². The van der Waals surface area contributed by atoms with Crippen LogP contribution < -0.4 is 5.73 Å². The van der Waals surface area contributed by atoms with E-state index >= 15 is 0 Å². The molecular formula is C13H19NO2. The van der Waals surface area contributed by atoms with Gasteiger partial charge >= 0.3 is 0 Å². The van der Waals surface area contributed by atoms with Crippen molar-refractivity contribution in [2.24, 2.45) is 5.73 Å². The zero-order valence-electron chi connectivity index (χ0n) is 9.92. The van der Waals surface area contributed by atoms with Gasteiger partial charge in [-0.15, -0.1) is 0 Å². The van der Waals surface area contributed by atoms with Crippen molar-refractivity contribution >= 4 is 5.91 Å². The smallest absolute Gasteiger partial charge is 0.217 e. The highest BCUT2D eigenvalue weighted by Gasteiger charge is 2.08. The molecular weight excluding hydrogens is 202 g/mol. The van der Waals surface area contributed by atoms with E-state index in [2.05, 4.69) is 13.8 Å². The van der Waals surface area contributed by atoms with E-state index in [-0.39, 0.29) is 18.1 Å². The fourth-order valence-electron chi connectivity index (χ4n) is 1.84. The molecule has 0 bridgehead atoms. The molecule has 0 aliphatic rings. The monoisotopic (exact) mass is 221 g/mol. The Morgan fingerprint density at radius 2 is 1.75 bits per heavy atom. The number of benzene rings is 1. The van der Waals surface area contributed by atoms with Crippen molar-refractivity contribution in [3.8, 4) is 5.75 Å². The zero-order valence-corrected chi connectivity index (χ0v) is 9.92. The molecule has 1 aromatic rings. The first-order valence-electron chi connectivity index (χ1n) is 5.70. The van der Waals surface area contributed by atoms with Crippen molar-refractivity contribution in [3.05, 3.63) is 28.8 Å². The summed E-state index contributed by atoms with van der Waals surface area (Å²) in [6.45, 7) is 4.15. The lowest BCUT2D eigenvalue weighted by Gasteiger charge is -2.11. The summed E-state index contributed by atoms with van der Waals surface area (Å²) in [5, 5.41) is 9.80. The van der Waals surface area contributed by atoms with Gasteiger partial charge < -0.3 is 10.8 Å².